The van der Waals surface area contributed by atoms with Gasteiger partial charge >= 0.3 is 6.03 Å². The van der Waals surface area contributed by atoms with Gasteiger partial charge in [0, 0.05) is 44.8 Å². The predicted molar refractivity (Wildman–Crippen MR) is 103 cm³/mol. The second-order valence-corrected chi connectivity index (χ2v) is 6.86. The van der Waals surface area contributed by atoms with Crippen molar-refractivity contribution in [1.82, 2.24) is 19.4 Å². The monoisotopic (exact) mass is 365 g/mol. The molecule has 3 heterocycles. The summed E-state index contributed by atoms with van der Waals surface area (Å²) in [5.41, 5.74) is 3.66. The minimum atomic E-state index is -0.141. The summed E-state index contributed by atoms with van der Waals surface area (Å²) in [4.78, 5) is 23.2. The van der Waals surface area contributed by atoms with Gasteiger partial charge in [0.15, 0.2) is 0 Å². The molecular formula is C20H23N5O2. The van der Waals surface area contributed by atoms with Gasteiger partial charge in [-0.2, -0.15) is 0 Å². The van der Waals surface area contributed by atoms with Crippen molar-refractivity contribution in [3.8, 4) is 0 Å². The second kappa shape index (κ2) is 7.75. The number of hydrogen-bond acceptors (Lipinski definition) is 4. The average Bonchev–Trinajstić information content (AvgIpc) is 3.32. The van der Waals surface area contributed by atoms with Crippen molar-refractivity contribution < 1.29 is 9.53 Å². The Kier molecular flexibility index (Phi) is 5.02. The van der Waals surface area contributed by atoms with Crippen LogP contribution in [0.4, 0.5) is 10.5 Å². The summed E-state index contributed by atoms with van der Waals surface area (Å²) in [6.07, 6.45) is 7.38. The van der Waals surface area contributed by atoms with Gasteiger partial charge in [-0.3, -0.25) is 4.98 Å². The van der Waals surface area contributed by atoms with Crippen LogP contribution in [0, 0.1) is 0 Å². The maximum Gasteiger partial charge on any atom is 0.322 e. The van der Waals surface area contributed by atoms with E-state index in [4.69, 9.17) is 4.74 Å². The van der Waals surface area contributed by atoms with Crippen LogP contribution in [-0.4, -0.2) is 44.7 Å². The minimum absolute atomic E-state index is 0.0934. The molecule has 2 aromatic heterocycles. The number of aryl methyl sites for hydroxylation is 1. The molecule has 0 radical (unpaired) electrons. The molecule has 2 amide bonds. The number of anilines is 1. The molecule has 1 aliphatic rings. The predicted octanol–water partition coefficient (Wildman–Crippen LogP) is 3.18. The number of imidazole rings is 1. The zero-order valence-electron chi connectivity index (χ0n) is 15.3. The molecule has 27 heavy (non-hydrogen) atoms. The highest BCUT2D eigenvalue weighted by Gasteiger charge is 2.23. The number of hydrogen-bond donors (Lipinski definition) is 1. The number of nitrogens with zero attached hydrogens (tertiary/aromatic N) is 4. The van der Waals surface area contributed by atoms with Gasteiger partial charge in [0.05, 0.1) is 23.5 Å². The molecule has 1 aromatic carbocycles. The minimum Gasteiger partial charge on any atom is -0.376 e. The molecule has 1 N–H and O–H groups in total. The zero-order valence-corrected chi connectivity index (χ0v) is 15.3. The van der Waals surface area contributed by atoms with E-state index in [0.717, 1.165) is 41.7 Å². The Labute approximate surface area is 158 Å². The fourth-order valence-electron chi connectivity index (χ4n) is 3.38. The van der Waals surface area contributed by atoms with Crippen molar-refractivity contribution in [2.45, 2.75) is 25.5 Å². The van der Waals surface area contributed by atoms with Crippen molar-refractivity contribution in [1.29, 1.82) is 0 Å². The molecule has 1 aliphatic heterocycles. The lowest BCUT2D eigenvalue weighted by atomic mass is 10.2. The third-order valence-electron chi connectivity index (χ3n) is 4.83. The van der Waals surface area contributed by atoms with Gasteiger partial charge in [0.2, 0.25) is 0 Å². The Morgan fingerprint density at radius 2 is 2.19 bits per heavy atom. The number of benzene rings is 1. The number of carbonyl (C=O) groups excluding carboxylic acids is 1. The van der Waals surface area contributed by atoms with Gasteiger partial charge in [0.1, 0.15) is 0 Å². The van der Waals surface area contributed by atoms with Crippen LogP contribution in [-0.2, 0) is 18.3 Å². The zero-order chi connectivity index (χ0) is 18.6. The van der Waals surface area contributed by atoms with Crippen LogP contribution in [0.1, 0.15) is 18.4 Å². The van der Waals surface area contributed by atoms with Gasteiger partial charge < -0.3 is 19.5 Å². The topological polar surface area (TPSA) is 72.3 Å². The van der Waals surface area contributed by atoms with E-state index in [1.165, 1.54) is 0 Å². The third kappa shape index (κ3) is 4.09. The molecule has 0 saturated carbocycles. The van der Waals surface area contributed by atoms with Crippen LogP contribution in [0.5, 0.6) is 0 Å². The van der Waals surface area contributed by atoms with Crippen molar-refractivity contribution in [2.24, 2.45) is 7.05 Å². The van der Waals surface area contributed by atoms with Crippen LogP contribution in [0.15, 0.2) is 49.1 Å². The molecule has 1 fully saturated rings. The third-order valence-corrected chi connectivity index (χ3v) is 4.83. The van der Waals surface area contributed by atoms with Gasteiger partial charge in [-0.05, 0) is 48.7 Å². The van der Waals surface area contributed by atoms with Crippen LogP contribution < -0.4 is 5.32 Å². The first-order chi connectivity index (χ1) is 13.2. The average molecular weight is 365 g/mol. The summed E-state index contributed by atoms with van der Waals surface area (Å²) in [5.74, 6) is 0. The standard InChI is InChI=1S/C20H23N5O2/c1-24-14-22-18-11-16(4-5-19(18)24)23-20(26)25(13-17-3-2-10-27-17)12-15-6-8-21-9-7-15/h4-9,11,14,17H,2-3,10,12-13H2,1H3,(H,23,26)/t17-/m0/s1. The molecular weight excluding hydrogens is 342 g/mol. The molecule has 0 aliphatic carbocycles. The fraction of sp³-hybridized carbons (Fsp3) is 0.350. The molecule has 7 nitrogen and oxygen atoms in total. The summed E-state index contributed by atoms with van der Waals surface area (Å²) >= 11 is 0. The van der Waals surface area contributed by atoms with E-state index in [2.05, 4.69) is 15.3 Å². The van der Waals surface area contributed by atoms with E-state index in [9.17, 15) is 4.79 Å². The Morgan fingerprint density at radius 3 is 2.96 bits per heavy atom. The normalized spacial score (nSPS) is 16.6. The summed E-state index contributed by atoms with van der Waals surface area (Å²) in [5, 5.41) is 3.00. The van der Waals surface area contributed by atoms with Crippen molar-refractivity contribution in [2.75, 3.05) is 18.5 Å². The largest absolute Gasteiger partial charge is 0.376 e. The quantitative estimate of drug-likeness (QED) is 0.754. The number of nitrogens with one attached hydrogen (secondary N) is 1. The Morgan fingerprint density at radius 1 is 1.33 bits per heavy atom. The number of ether oxygens (including phenoxy) is 1. The van der Waals surface area contributed by atoms with E-state index in [1.807, 2.05) is 41.9 Å². The SMILES string of the molecule is Cn1cnc2cc(NC(=O)N(Cc3ccncc3)C[C@@H]3CCCO3)ccc21. The van der Waals surface area contributed by atoms with E-state index < -0.39 is 0 Å². The van der Waals surface area contributed by atoms with E-state index in [1.54, 1.807) is 23.6 Å². The molecule has 4 rings (SSSR count). The lowest BCUT2D eigenvalue weighted by Gasteiger charge is -2.26. The van der Waals surface area contributed by atoms with E-state index in [0.29, 0.717) is 13.1 Å². The highest BCUT2D eigenvalue weighted by molar-refractivity contribution is 5.92. The van der Waals surface area contributed by atoms with Gasteiger partial charge in [-0.25, -0.2) is 9.78 Å². The van der Waals surface area contributed by atoms with E-state index >= 15 is 0 Å². The first-order valence-corrected chi connectivity index (χ1v) is 9.16. The number of aromatic nitrogens is 3. The number of rotatable bonds is 5. The lowest BCUT2D eigenvalue weighted by Crippen LogP contribution is -2.39. The smallest absolute Gasteiger partial charge is 0.322 e. The summed E-state index contributed by atoms with van der Waals surface area (Å²) in [6.45, 7) is 1.85. The van der Waals surface area contributed by atoms with Crippen molar-refractivity contribution >= 4 is 22.8 Å². The van der Waals surface area contributed by atoms with Gasteiger partial charge in [-0.1, -0.05) is 0 Å². The molecule has 3 aromatic rings. The Hall–Kier alpha value is -2.93. The number of fused-ring (bicyclic) bond motifs is 1. The van der Waals surface area contributed by atoms with E-state index in [-0.39, 0.29) is 12.1 Å². The maximum atomic E-state index is 13.0. The molecule has 0 bridgehead atoms. The van der Waals surface area contributed by atoms with Gasteiger partial charge in [-0.15, -0.1) is 0 Å². The lowest BCUT2D eigenvalue weighted by molar-refractivity contribution is 0.0819. The fourth-order valence-corrected chi connectivity index (χ4v) is 3.38. The summed E-state index contributed by atoms with van der Waals surface area (Å²) in [7, 11) is 1.95. The number of urea groups is 1. The highest BCUT2D eigenvalue weighted by Crippen LogP contribution is 2.19. The first kappa shape index (κ1) is 17.5. The van der Waals surface area contributed by atoms with Crippen molar-refractivity contribution in [3.63, 3.8) is 0 Å². The maximum absolute atomic E-state index is 13.0. The van der Waals surface area contributed by atoms with Gasteiger partial charge in [0.25, 0.3) is 0 Å². The van der Waals surface area contributed by atoms with Crippen LogP contribution in [0.3, 0.4) is 0 Å². The van der Waals surface area contributed by atoms with Crippen molar-refractivity contribution in [3.05, 3.63) is 54.6 Å². The van der Waals surface area contributed by atoms with Crippen LogP contribution in [0.25, 0.3) is 11.0 Å². The summed E-state index contributed by atoms with van der Waals surface area (Å²) in [6, 6.07) is 9.47. The van der Waals surface area contributed by atoms with Crippen LogP contribution in [0.2, 0.25) is 0 Å². The highest BCUT2D eigenvalue weighted by atomic mass is 16.5. The molecule has 0 unspecified atom stereocenters. The Balaban J connectivity index is 1.50. The number of carbonyl (C=O) groups is 1. The first-order valence-electron chi connectivity index (χ1n) is 9.16. The molecule has 0 spiro atoms. The number of amides is 2. The Bertz CT molecular complexity index is 919. The van der Waals surface area contributed by atoms with Crippen LogP contribution >= 0.6 is 0 Å². The molecule has 7 heteroatoms. The molecule has 140 valence electrons. The number of pyridine rings is 1. The summed E-state index contributed by atoms with van der Waals surface area (Å²) < 4.78 is 7.69. The molecule has 1 saturated heterocycles. The molecule has 1 atom stereocenters. The second-order valence-electron chi connectivity index (χ2n) is 6.86.